The van der Waals surface area contributed by atoms with Crippen LogP contribution in [0, 0.1) is 0 Å². The largest absolute Gasteiger partial charge is 0.492 e. The molecule has 0 saturated carbocycles. The molecule has 0 radical (unpaired) electrons. The summed E-state index contributed by atoms with van der Waals surface area (Å²) in [5.41, 5.74) is 0.924. The van der Waals surface area contributed by atoms with Gasteiger partial charge in [-0.15, -0.1) is 0 Å². The van der Waals surface area contributed by atoms with Gasteiger partial charge in [0.15, 0.2) is 0 Å². The Balaban J connectivity index is 1.40. The van der Waals surface area contributed by atoms with Crippen molar-refractivity contribution in [2.24, 2.45) is 0 Å². The quantitative estimate of drug-likeness (QED) is 0.854. The standard InChI is InChI=1S/C18H22N4O3/c1-14(23)21-8-10-22(11-9-21)18(24)20-7-12-25-16-4-5-17-15(13-16)3-2-6-19-17/h2-6,13H,7-12H2,1H3,(H,20,24). The van der Waals surface area contributed by atoms with Gasteiger partial charge >= 0.3 is 6.03 Å². The lowest BCUT2D eigenvalue weighted by atomic mass is 10.2. The number of nitrogens with one attached hydrogen (secondary N) is 1. The van der Waals surface area contributed by atoms with Crippen LogP contribution in [0.15, 0.2) is 36.5 Å². The van der Waals surface area contributed by atoms with Gasteiger partial charge in [0.1, 0.15) is 12.4 Å². The summed E-state index contributed by atoms with van der Waals surface area (Å²) >= 11 is 0. The molecule has 1 aromatic heterocycles. The van der Waals surface area contributed by atoms with E-state index in [1.165, 1.54) is 0 Å². The molecular weight excluding hydrogens is 320 g/mol. The second-order valence-electron chi connectivity index (χ2n) is 5.93. The van der Waals surface area contributed by atoms with Crippen molar-refractivity contribution in [2.45, 2.75) is 6.92 Å². The molecule has 0 aliphatic carbocycles. The average Bonchev–Trinajstić information content (AvgIpc) is 2.65. The van der Waals surface area contributed by atoms with Crippen molar-refractivity contribution in [3.63, 3.8) is 0 Å². The lowest BCUT2D eigenvalue weighted by Crippen LogP contribution is -2.53. The Kier molecular flexibility index (Phi) is 5.33. The maximum atomic E-state index is 12.1. The highest BCUT2D eigenvalue weighted by Crippen LogP contribution is 2.18. The Labute approximate surface area is 146 Å². The molecule has 2 heterocycles. The van der Waals surface area contributed by atoms with Crippen molar-refractivity contribution >= 4 is 22.8 Å². The Morgan fingerprint density at radius 1 is 1.16 bits per heavy atom. The van der Waals surface area contributed by atoms with Gasteiger partial charge in [0, 0.05) is 44.7 Å². The molecule has 1 saturated heterocycles. The monoisotopic (exact) mass is 342 g/mol. The van der Waals surface area contributed by atoms with Crippen molar-refractivity contribution in [3.8, 4) is 5.75 Å². The minimum absolute atomic E-state index is 0.0547. The van der Waals surface area contributed by atoms with E-state index in [0.29, 0.717) is 39.3 Å². The fraction of sp³-hybridized carbons (Fsp3) is 0.389. The minimum Gasteiger partial charge on any atom is -0.492 e. The Morgan fingerprint density at radius 3 is 2.68 bits per heavy atom. The molecule has 0 unspecified atom stereocenters. The van der Waals surface area contributed by atoms with E-state index in [9.17, 15) is 9.59 Å². The van der Waals surface area contributed by atoms with Gasteiger partial charge in [-0.3, -0.25) is 9.78 Å². The number of hydrogen-bond donors (Lipinski definition) is 1. The van der Waals surface area contributed by atoms with E-state index in [0.717, 1.165) is 16.7 Å². The number of pyridine rings is 1. The first-order valence-electron chi connectivity index (χ1n) is 8.39. The van der Waals surface area contributed by atoms with Crippen LogP contribution in [0.1, 0.15) is 6.92 Å². The van der Waals surface area contributed by atoms with Crippen molar-refractivity contribution in [3.05, 3.63) is 36.5 Å². The van der Waals surface area contributed by atoms with Crippen molar-refractivity contribution < 1.29 is 14.3 Å². The maximum Gasteiger partial charge on any atom is 0.317 e. The van der Waals surface area contributed by atoms with Gasteiger partial charge in [-0.05, 0) is 24.3 Å². The van der Waals surface area contributed by atoms with Crippen LogP contribution in [0.2, 0.25) is 0 Å². The first kappa shape index (κ1) is 17.0. The van der Waals surface area contributed by atoms with Crippen LogP contribution in [0.4, 0.5) is 4.79 Å². The number of aromatic nitrogens is 1. The van der Waals surface area contributed by atoms with Gasteiger partial charge < -0.3 is 19.9 Å². The molecule has 1 aliphatic rings. The van der Waals surface area contributed by atoms with E-state index < -0.39 is 0 Å². The third-order valence-corrected chi connectivity index (χ3v) is 4.23. The predicted octanol–water partition coefficient (Wildman–Crippen LogP) is 1.49. The highest BCUT2D eigenvalue weighted by molar-refractivity contribution is 5.79. The summed E-state index contributed by atoms with van der Waals surface area (Å²) in [5.74, 6) is 0.809. The molecule has 25 heavy (non-hydrogen) atoms. The van der Waals surface area contributed by atoms with Crippen LogP contribution in [-0.4, -0.2) is 66.1 Å². The topological polar surface area (TPSA) is 74.8 Å². The molecule has 3 amide bonds. The molecule has 1 aliphatic heterocycles. The summed E-state index contributed by atoms with van der Waals surface area (Å²) in [5, 5.41) is 3.87. The minimum atomic E-state index is -0.116. The summed E-state index contributed by atoms with van der Waals surface area (Å²) < 4.78 is 5.69. The zero-order valence-electron chi connectivity index (χ0n) is 14.3. The molecule has 7 nitrogen and oxygen atoms in total. The Hall–Kier alpha value is -2.83. The number of ether oxygens (including phenoxy) is 1. The van der Waals surface area contributed by atoms with E-state index in [-0.39, 0.29) is 11.9 Å². The highest BCUT2D eigenvalue weighted by Gasteiger charge is 2.21. The number of rotatable bonds is 4. The van der Waals surface area contributed by atoms with Crippen molar-refractivity contribution in [1.82, 2.24) is 20.1 Å². The maximum absolute atomic E-state index is 12.1. The fourth-order valence-electron chi connectivity index (χ4n) is 2.81. The summed E-state index contributed by atoms with van der Waals surface area (Å²) in [6.07, 6.45) is 1.76. The van der Waals surface area contributed by atoms with Crippen molar-refractivity contribution in [2.75, 3.05) is 39.3 Å². The van der Waals surface area contributed by atoms with Crippen LogP contribution in [0.5, 0.6) is 5.75 Å². The fourth-order valence-corrected chi connectivity index (χ4v) is 2.81. The summed E-state index contributed by atoms with van der Waals surface area (Å²) in [7, 11) is 0. The van der Waals surface area contributed by atoms with Gasteiger partial charge in [0.05, 0.1) is 12.1 Å². The lowest BCUT2D eigenvalue weighted by molar-refractivity contribution is -0.130. The number of benzene rings is 1. The first-order valence-corrected chi connectivity index (χ1v) is 8.39. The van der Waals surface area contributed by atoms with Crippen LogP contribution >= 0.6 is 0 Å². The summed E-state index contributed by atoms with van der Waals surface area (Å²) in [6.45, 7) is 4.67. The second kappa shape index (κ2) is 7.83. The molecule has 0 atom stereocenters. The number of nitrogens with zero attached hydrogens (tertiary/aromatic N) is 3. The van der Waals surface area contributed by atoms with E-state index in [1.54, 1.807) is 22.9 Å². The third-order valence-electron chi connectivity index (χ3n) is 4.23. The molecule has 7 heteroatoms. The zero-order valence-corrected chi connectivity index (χ0v) is 14.3. The summed E-state index contributed by atoms with van der Waals surface area (Å²) in [6, 6.07) is 9.48. The summed E-state index contributed by atoms with van der Waals surface area (Å²) in [4.78, 5) is 31.1. The van der Waals surface area contributed by atoms with Gasteiger partial charge in [0.25, 0.3) is 0 Å². The molecule has 1 N–H and O–H groups in total. The van der Waals surface area contributed by atoms with Gasteiger partial charge in [-0.2, -0.15) is 0 Å². The van der Waals surface area contributed by atoms with Gasteiger partial charge in [-0.25, -0.2) is 4.79 Å². The normalized spacial score (nSPS) is 14.4. The van der Waals surface area contributed by atoms with Crippen molar-refractivity contribution in [1.29, 1.82) is 0 Å². The molecule has 132 valence electrons. The Morgan fingerprint density at radius 2 is 1.92 bits per heavy atom. The molecular formula is C18H22N4O3. The van der Waals surface area contributed by atoms with E-state index in [1.807, 2.05) is 30.3 Å². The highest BCUT2D eigenvalue weighted by atomic mass is 16.5. The van der Waals surface area contributed by atoms with Crippen LogP contribution in [0.3, 0.4) is 0 Å². The zero-order chi connectivity index (χ0) is 17.6. The second-order valence-corrected chi connectivity index (χ2v) is 5.93. The molecule has 0 bridgehead atoms. The van der Waals surface area contributed by atoms with E-state index in [2.05, 4.69) is 10.3 Å². The average molecular weight is 342 g/mol. The SMILES string of the molecule is CC(=O)N1CCN(C(=O)NCCOc2ccc3ncccc3c2)CC1. The number of fused-ring (bicyclic) bond motifs is 1. The molecule has 1 fully saturated rings. The number of hydrogen-bond acceptors (Lipinski definition) is 4. The lowest BCUT2D eigenvalue weighted by Gasteiger charge is -2.34. The van der Waals surface area contributed by atoms with Crippen LogP contribution in [-0.2, 0) is 4.79 Å². The van der Waals surface area contributed by atoms with Crippen LogP contribution in [0.25, 0.3) is 10.9 Å². The molecule has 2 aromatic rings. The van der Waals surface area contributed by atoms with E-state index in [4.69, 9.17) is 4.74 Å². The molecule has 3 rings (SSSR count). The third kappa shape index (κ3) is 4.37. The number of amides is 3. The smallest absolute Gasteiger partial charge is 0.317 e. The van der Waals surface area contributed by atoms with Crippen LogP contribution < -0.4 is 10.1 Å². The van der Waals surface area contributed by atoms with Gasteiger partial charge in [-0.1, -0.05) is 6.07 Å². The number of piperazine rings is 1. The Bertz CT molecular complexity index is 757. The molecule has 0 spiro atoms. The number of carbonyl (C=O) groups excluding carboxylic acids is 2. The predicted molar refractivity (Wildman–Crippen MR) is 94.5 cm³/mol. The van der Waals surface area contributed by atoms with E-state index >= 15 is 0 Å². The first-order chi connectivity index (χ1) is 12.1. The number of urea groups is 1. The molecule has 1 aromatic carbocycles. The van der Waals surface area contributed by atoms with Gasteiger partial charge in [0.2, 0.25) is 5.91 Å². The number of carbonyl (C=O) groups is 2.